The van der Waals surface area contributed by atoms with E-state index in [0.29, 0.717) is 25.4 Å². The summed E-state index contributed by atoms with van der Waals surface area (Å²) >= 11 is 0. The van der Waals surface area contributed by atoms with Crippen molar-refractivity contribution in [3.8, 4) is 0 Å². The van der Waals surface area contributed by atoms with Crippen molar-refractivity contribution in [2.75, 3.05) is 19.7 Å². The fourth-order valence-electron chi connectivity index (χ4n) is 2.20. The van der Waals surface area contributed by atoms with Crippen LogP contribution in [0.25, 0.3) is 0 Å². The molecule has 1 aliphatic heterocycles. The van der Waals surface area contributed by atoms with Crippen LogP contribution in [0.15, 0.2) is 11.2 Å². The molecule has 20 heavy (non-hydrogen) atoms. The van der Waals surface area contributed by atoms with Gasteiger partial charge in [-0.2, -0.15) is 5.10 Å². The molecule has 1 amide bonds. The summed E-state index contributed by atoms with van der Waals surface area (Å²) in [6.45, 7) is 5.50. The third kappa shape index (κ3) is 2.74. The number of aromatic nitrogens is 2. The molecular formula is C12H19N5O3. The second kappa shape index (κ2) is 5.91. The molecule has 0 bridgehead atoms. The average molecular weight is 281 g/mol. The predicted molar refractivity (Wildman–Crippen MR) is 71.7 cm³/mol. The number of nitrogens with zero attached hydrogens (tertiary/aromatic N) is 4. The highest BCUT2D eigenvalue weighted by Gasteiger charge is 2.29. The topological polar surface area (TPSA) is 106 Å². The summed E-state index contributed by atoms with van der Waals surface area (Å²) in [5.74, 6) is -0.144. The van der Waals surface area contributed by atoms with Crippen LogP contribution in [0.3, 0.4) is 0 Å². The van der Waals surface area contributed by atoms with Crippen molar-refractivity contribution in [1.29, 1.82) is 0 Å². The SMILES string of the molecule is CCn1nc(C)cc1C(=O)N1CCOC(C(N)=NO)C1. The van der Waals surface area contributed by atoms with Gasteiger partial charge in [-0.15, -0.1) is 0 Å². The quantitative estimate of drug-likeness (QED) is 0.345. The molecule has 0 aliphatic carbocycles. The second-order valence-corrected chi connectivity index (χ2v) is 4.62. The van der Waals surface area contributed by atoms with Crippen molar-refractivity contribution < 1.29 is 14.7 Å². The Labute approximate surface area is 116 Å². The summed E-state index contributed by atoms with van der Waals surface area (Å²) in [5, 5.41) is 15.9. The molecule has 1 aliphatic rings. The minimum Gasteiger partial charge on any atom is -0.409 e. The number of carbonyl (C=O) groups is 1. The smallest absolute Gasteiger partial charge is 0.272 e. The highest BCUT2D eigenvalue weighted by molar-refractivity contribution is 5.93. The molecule has 0 saturated carbocycles. The van der Waals surface area contributed by atoms with Crippen LogP contribution in [0.1, 0.15) is 23.1 Å². The number of nitrogens with two attached hydrogens (primary N) is 1. The molecule has 1 aromatic heterocycles. The van der Waals surface area contributed by atoms with Crippen molar-refractivity contribution in [3.05, 3.63) is 17.5 Å². The van der Waals surface area contributed by atoms with Crippen molar-refractivity contribution >= 4 is 11.7 Å². The number of hydrogen-bond acceptors (Lipinski definition) is 5. The standard InChI is InChI=1S/C12H19N5O3/c1-3-17-9(6-8(2)14-17)12(18)16-4-5-20-10(7-16)11(13)15-19/h6,10,19H,3-5,7H2,1-2H3,(H2,13,15). The van der Waals surface area contributed by atoms with Gasteiger partial charge in [0.2, 0.25) is 0 Å². The lowest BCUT2D eigenvalue weighted by Gasteiger charge is -2.32. The van der Waals surface area contributed by atoms with Gasteiger partial charge < -0.3 is 20.6 Å². The van der Waals surface area contributed by atoms with Gasteiger partial charge in [0.1, 0.15) is 11.8 Å². The van der Waals surface area contributed by atoms with E-state index in [-0.39, 0.29) is 18.3 Å². The fraction of sp³-hybridized carbons (Fsp3) is 0.583. The molecule has 1 unspecified atom stereocenters. The number of carbonyl (C=O) groups excluding carboxylic acids is 1. The molecule has 2 rings (SSSR count). The van der Waals surface area contributed by atoms with E-state index in [9.17, 15) is 4.79 Å². The van der Waals surface area contributed by atoms with Crippen LogP contribution >= 0.6 is 0 Å². The van der Waals surface area contributed by atoms with Gasteiger partial charge in [-0.3, -0.25) is 9.48 Å². The van der Waals surface area contributed by atoms with Gasteiger partial charge in [0.05, 0.1) is 18.8 Å². The van der Waals surface area contributed by atoms with Crippen LogP contribution in [0, 0.1) is 6.92 Å². The monoisotopic (exact) mass is 281 g/mol. The summed E-state index contributed by atoms with van der Waals surface area (Å²) < 4.78 is 7.05. The maximum absolute atomic E-state index is 12.5. The summed E-state index contributed by atoms with van der Waals surface area (Å²) in [7, 11) is 0. The van der Waals surface area contributed by atoms with Crippen LogP contribution in [0.4, 0.5) is 0 Å². The molecule has 0 aromatic carbocycles. The molecule has 1 aromatic rings. The molecule has 1 saturated heterocycles. The lowest BCUT2D eigenvalue weighted by Crippen LogP contribution is -2.50. The van der Waals surface area contributed by atoms with Crippen LogP contribution in [-0.4, -0.2) is 57.4 Å². The maximum Gasteiger partial charge on any atom is 0.272 e. The third-order valence-corrected chi connectivity index (χ3v) is 3.22. The number of aryl methyl sites for hydroxylation is 2. The zero-order valence-corrected chi connectivity index (χ0v) is 11.6. The summed E-state index contributed by atoms with van der Waals surface area (Å²) in [6.07, 6.45) is -0.572. The van der Waals surface area contributed by atoms with E-state index in [2.05, 4.69) is 10.3 Å². The van der Waals surface area contributed by atoms with Gasteiger partial charge in [-0.05, 0) is 19.9 Å². The lowest BCUT2D eigenvalue weighted by atomic mass is 10.2. The largest absolute Gasteiger partial charge is 0.409 e. The Morgan fingerprint density at radius 1 is 1.70 bits per heavy atom. The van der Waals surface area contributed by atoms with Crippen molar-refractivity contribution in [2.24, 2.45) is 10.9 Å². The number of rotatable bonds is 3. The van der Waals surface area contributed by atoms with Gasteiger partial charge in [-0.25, -0.2) is 0 Å². The molecule has 0 radical (unpaired) electrons. The second-order valence-electron chi connectivity index (χ2n) is 4.62. The third-order valence-electron chi connectivity index (χ3n) is 3.22. The first-order valence-electron chi connectivity index (χ1n) is 6.49. The highest BCUT2D eigenvalue weighted by Crippen LogP contribution is 2.12. The normalized spacial score (nSPS) is 20.2. The van der Waals surface area contributed by atoms with Crippen LogP contribution in [0.2, 0.25) is 0 Å². The Kier molecular flexibility index (Phi) is 4.23. The minimum atomic E-state index is -0.572. The number of hydrogen-bond donors (Lipinski definition) is 2. The molecule has 3 N–H and O–H groups in total. The molecular weight excluding hydrogens is 262 g/mol. The zero-order valence-electron chi connectivity index (χ0n) is 11.6. The number of oxime groups is 1. The zero-order chi connectivity index (χ0) is 14.7. The maximum atomic E-state index is 12.5. The molecule has 1 fully saturated rings. The average Bonchev–Trinajstić information content (AvgIpc) is 2.86. The number of ether oxygens (including phenoxy) is 1. The first kappa shape index (κ1) is 14.3. The van der Waals surface area contributed by atoms with Crippen molar-refractivity contribution in [1.82, 2.24) is 14.7 Å². The van der Waals surface area contributed by atoms with Crippen LogP contribution < -0.4 is 5.73 Å². The lowest BCUT2D eigenvalue weighted by molar-refractivity contribution is 0.00619. The van der Waals surface area contributed by atoms with Crippen LogP contribution in [-0.2, 0) is 11.3 Å². The fourth-order valence-corrected chi connectivity index (χ4v) is 2.20. The van der Waals surface area contributed by atoms with E-state index in [0.717, 1.165) is 5.69 Å². The van der Waals surface area contributed by atoms with Gasteiger partial charge in [0.25, 0.3) is 5.91 Å². The molecule has 110 valence electrons. The summed E-state index contributed by atoms with van der Waals surface area (Å²) in [5.41, 5.74) is 6.88. The van der Waals surface area contributed by atoms with Crippen LogP contribution in [0.5, 0.6) is 0 Å². The Hall–Kier alpha value is -2.09. The van der Waals surface area contributed by atoms with E-state index < -0.39 is 6.10 Å². The molecule has 0 spiro atoms. The van der Waals surface area contributed by atoms with E-state index >= 15 is 0 Å². The van der Waals surface area contributed by atoms with E-state index in [1.165, 1.54) is 0 Å². The van der Waals surface area contributed by atoms with Crippen molar-refractivity contribution in [2.45, 2.75) is 26.5 Å². The number of amides is 1. The minimum absolute atomic E-state index is 0.0253. The molecule has 1 atom stereocenters. The summed E-state index contributed by atoms with van der Waals surface area (Å²) in [4.78, 5) is 14.1. The first-order valence-corrected chi connectivity index (χ1v) is 6.49. The van der Waals surface area contributed by atoms with E-state index in [1.54, 1.807) is 15.6 Å². The first-order chi connectivity index (χ1) is 9.56. The number of morpholine rings is 1. The molecule has 8 heteroatoms. The van der Waals surface area contributed by atoms with Gasteiger partial charge in [0, 0.05) is 13.1 Å². The Balaban J connectivity index is 2.16. The number of amidine groups is 1. The van der Waals surface area contributed by atoms with Crippen molar-refractivity contribution in [3.63, 3.8) is 0 Å². The predicted octanol–water partition coefficient (Wildman–Crippen LogP) is -0.201. The van der Waals surface area contributed by atoms with Gasteiger partial charge in [0.15, 0.2) is 5.84 Å². The highest BCUT2D eigenvalue weighted by atomic mass is 16.5. The van der Waals surface area contributed by atoms with Gasteiger partial charge >= 0.3 is 0 Å². The van der Waals surface area contributed by atoms with E-state index in [1.807, 2.05) is 13.8 Å². The Morgan fingerprint density at radius 2 is 2.45 bits per heavy atom. The Bertz CT molecular complexity index is 525. The van der Waals surface area contributed by atoms with Gasteiger partial charge in [-0.1, -0.05) is 5.16 Å². The molecule has 2 heterocycles. The Morgan fingerprint density at radius 3 is 3.10 bits per heavy atom. The molecule has 8 nitrogen and oxygen atoms in total. The van der Waals surface area contributed by atoms with E-state index in [4.69, 9.17) is 15.7 Å². The summed E-state index contributed by atoms with van der Waals surface area (Å²) in [6, 6.07) is 1.76.